The first-order valence-electron chi connectivity index (χ1n) is 15.9. The Morgan fingerprint density at radius 1 is 0.918 bits per heavy atom. The molecule has 0 aliphatic carbocycles. The third-order valence-electron chi connectivity index (χ3n) is 7.71. The van der Waals surface area contributed by atoms with Crippen LogP contribution >= 0.6 is 0 Å². The topological polar surface area (TPSA) is 147 Å². The summed E-state index contributed by atoms with van der Waals surface area (Å²) >= 11 is 0. The van der Waals surface area contributed by atoms with E-state index in [1.165, 1.54) is 11.7 Å². The summed E-state index contributed by atoms with van der Waals surface area (Å²) in [5.41, 5.74) is 3.20. The highest BCUT2D eigenvalue weighted by molar-refractivity contribution is 5.98. The van der Waals surface area contributed by atoms with Crippen molar-refractivity contribution in [2.45, 2.75) is 71.2 Å². The summed E-state index contributed by atoms with van der Waals surface area (Å²) in [7, 11) is 1.29. The highest BCUT2D eigenvalue weighted by atomic mass is 16.6. The monoisotopic (exact) mass is 663 g/mol. The first-order chi connectivity index (χ1) is 23.2. The van der Waals surface area contributed by atoms with Gasteiger partial charge in [-0.05, 0) is 101 Å². The van der Waals surface area contributed by atoms with Gasteiger partial charge >= 0.3 is 18.2 Å². The van der Waals surface area contributed by atoms with Gasteiger partial charge in [0.15, 0.2) is 0 Å². The van der Waals surface area contributed by atoms with Crippen LogP contribution in [0.15, 0.2) is 79.1 Å². The molecular weight excluding hydrogens is 622 g/mol. The molecular formula is C38H41N5O6. The Hall–Kier alpha value is -5.76. The number of aromatic nitrogens is 2. The summed E-state index contributed by atoms with van der Waals surface area (Å²) in [5, 5.41) is 18.2. The number of esters is 1. The lowest BCUT2D eigenvalue weighted by Crippen LogP contribution is -2.49. The van der Waals surface area contributed by atoms with Gasteiger partial charge in [-0.25, -0.2) is 14.4 Å². The van der Waals surface area contributed by atoms with Crippen molar-refractivity contribution in [1.82, 2.24) is 14.9 Å². The lowest BCUT2D eigenvalue weighted by Gasteiger charge is -2.27. The zero-order valence-electron chi connectivity index (χ0n) is 28.7. The third-order valence-corrected chi connectivity index (χ3v) is 7.71. The maximum absolute atomic E-state index is 13.1. The number of rotatable bonds is 8. The number of nitrogens with zero attached hydrogens (tertiary/aromatic N) is 2. The number of anilines is 1. The molecule has 0 radical (unpaired) electrons. The molecule has 0 saturated heterocycles. The Labute approximate surface area is 285 Å². The van der Waals surface area contributed by atoms with Crippen molar-refractivity contribution in [3.63, 3.8) is 0 Å². The van der Waals surface area contributed by atoms with Crippen LogP contribution in [0.3, 0.4) is 0 Å². The van der Waals surface area contributed by atoms with E-state index in [1.807, 2.05) is 81.6 Å². The van der Waals surface area contributed by atoms with Gasteiger partial charge in [0.2, 0.25) is 0 Å². The molecule has 2 heterocycles. The summed E-state index contributed by atoms with van der Waals surface area (Å²) in [6, 6.07) is 21.0. The number of carbonyl (C=O) groups is 3. The van der Waals surface area contributed by atoms with Crippen molar-refractivity contribution in [3.8, 4) is 17.2 Å². The average Bonchev–Trinajstić information content (AvgIpc) is 3.65. The van der Waals surface area contributed by atoms with E-state index in [0.717, 1.165) is 27.4 Å². The van der Waals surface area contributed by atoms with Gasteiger partial charge in [-0.15, -0.1) is 0 Å². The van der Waals surface area contributed by atoms with Gasteiger partial charge < -0.3 is 29.8 Å². The highest BCUT2D eigenvalue weighted by Crippen LogP contribution is 2.30. The first kappa shape index (κ1) is 34.6. The molecule has 254 valence electrons. The second kappa shape index (κ2) is 13.8. The van der Waals surface area contributed by atoms with E-state index in [9.17, 15) is 19.6 Å². The van der Waals surface area contributed by atoms with Crippen molar-refractivity contribution in [2.75, 3.05) is 12.4 Å². The molecule has 5 rings (SSSR count). The molecule has 3 aromatic carbocycles. The number of fused-ring (bicyclic) bond motifs is 2. The predicted molar refractivity (Wildman–Crippen MR) is 189 cm³/mol. The number of amides is 1. The van der Waals surface area contributed by atoms with Crippen LogP contribution < -0.4 is 10.6 Å². The summed E-state index contributed by atoms with van der Waals surface area (Å²) in [6.07, 6.45) is 2.67. The molecule has 11 heteroatoms. The van der Waals surface area contributed by atoms with Crippen LogP contribution in [0.5, 0.6) is 0 Å². The van der Waals surface area contributed by atoms with Gasteiger partial charge in [0.25, 0.3) is 0 Å². The van der Waals surface area contributed by atoms with Gasteiger partial charge in [-0.1, -0.05) is 30.3 Å². The number of hydrogen-bond donors (Lipinski definition) is 3. The van der Waals surface area contributed by atoms with E-state index in [2.05, 4.69) is 21.7 Å². The Balaban J connectivity index is 1.46. The molecule has 0 fully saturated rings. The van der Waals surface area contributed by atoms with Gasteiger partial charge in [0.1, 0.15) is 17.2 Å². The number of nitrogens with one attached hydrogen (secondary N) is 3. The Morgan fingerprint density at radius 3 is 2.31 bits per heavy atom. The van der Waals surface area contributed by atoms with Crippen LogP contribution in [0.25, 0.3) is 32.9 Å². The van der Waals surface area contributed by atoms with Crippen LogP contribution in [0, 0.1) is 11.3 Å². The van der Waals surface area contributed by atoms with Crippen molar-refractivity contribution in [2.24, 2.45) is 0 Å². The zero-order chi connectivity index (χ0) is 35.5. The maximum Gasteiger partial charge on any atom is 0.418 e. The fraction of sp³-hybridized carbons (Fsp3) is 0.316. The van der Waals surface area contributed by atoms with Crippen molar-refractivity contribution >= 4 is 45.6 Å². The van der Waals surface area contributed by atoms with E-state index in [1.54, 1.807) is 39.1 Å². The summed E-state index contributed by atoms with van der Waals surface area (Å²) in [5.74, 6) is -0.605. The number of methoxy groups -OCH3 is 1. The minimum absolute atomic E-state index is 0.204. The maximum atomic E-state index is 13.1. The lowest BCUT2D eigenvalue weighted by molar-refractivity contribution is 0.0498. The molecule has 0 bridgehead atoms. The van der Waals surface area contributed by atoms with Gasteiger partial charge in [0.05, 0.1) is 30.3 Å². The normalized spacial score (nSPS) is 12.9. The number of nitriles is 1. The SMILES string of the molecule is COC(=O)c1cc(-c2ccc3c(ccn3C(=O)OC(C)(C)C)c2)ccc1N[C@@H](C#N)[C@H](Cc1c[nH]c2ccccc12)NC(=O)OC(C)(C)C. The second-order valence-corrected chi connectivity index (χ2v) is 13.8. The number of para-hydroxylation sites is 1. The second-order valence-electron chi connectivity index (χ2n) is 13.8. The van der Waals surface area contributed by atoms with Crippen LogP contribution in [0.4, 0.5) is 15.3 Å². The first-order valence-corrected chi connectivity index (χ1v) is 15.9. The Bertz CT molecular complexity index is 2060. The molecule has 2 aromatic heterocycles. The van der Waals surface area contributed by atoms with E-state index >= 15 is 0 Å². The lowest BCUT2D eigenvalue weighted by atomic mass is 9.97. The quantitative estimate of drug-likeness (QED) is 0.113. The summed E-state index contributed by atoms with van der Waals surface area (Å²) in [4.78, 5) is 42.1. The number of hydrogen-bond acceptors (Lipinski definition) is 8. The van der Waals surface area contributed by atoms with Crippen molar-refractivity contribution in [1.29, 1.82) is 5.26 Å². The molecule has 11 nitrogen and oxygen atoms in total. The molecule has 5 aromatic rings. The van der Waals surface area contributed by atoms with Crippen LogP contribution in [-0.2, 0) is 20.6 Å². The van der Waals surface area contributed by atoms with Crippen LogP contribution in [0.2, 0.25) is 0 Å². The molecule has 49 heavy (non-hydrogen) atoms. The van der Waals surface area contributed by atoms with E-state index in [-0.39, 0.29) is 5.56 Å². The summed E-state index contributed by atoms with van der Waals surface area (Å²) in [6.45, 7) is 10.7. The molecule has 0 aliphatic rings. The van der Waals surface area contributed by atoms with Gasteiger partial charge in [-0.3, -0.25) is 4.57 Å². The minimum atomic E-state index is -0.973. The molecule has 0 unspecified atom stereocenters. The molecule has 0 spiro atoms. The van der Waals surface area contributed by atoms with Crippen molar-refractivity contribution in [3.05, 3.63) is 90.3 Å². The van der Waals surface area contributed by atoms with Gasteiger partial charge in [0, 0.05) is 34.4 Å². The molecule has 0 aliphatic heterocycles. The molecule has 1 amide bonds. The fourth-order valence-electron chi connectivity index (χ4n) is 5.56. The van der Waals surface area contributed by atoms with Crippen molar-refractivity contribution < 1.29 is 28.6 Å². The summed E-state index contributed by atoms with van der Waals surface area (Å²) < 4.78 is 17.6. The third kappa shape index (κ3) is 8.22. The standard InChI is InChI=1S/C38H41N5O6/c1-37(2,3)48-35(45)42-31(20-26-22-40-29-11-9-8-10-27(26)29)32(21-39)41-30-14-12-24(19-28(30)34(44)47-7)23-13-15-33-25(18-23)16-17-43(33)36(46)49-38(4,5)6/h8-19,22,31-32,40-41H,20H2,1-7H3,(H,42,45)/t31-,32-/m0/s1. The van der Waals surface area contributed by atoms with E-state index in [0.29, 0.717) is 23.2 Å². The number of aromatic amines is 1. The fourth-order valence-corrected chi connectivity index (χ4v) is 5.56. The van der Waals surface area contributed by atoms with E-state index in [4.69, 9.17) is 14.2 Å². The average molecular weight is 664 g/mol. The number of benzene rings is 3. The predicted octanol–water partition coefficient (Wildman–Crippen LogP) is 7.80. The number of ether oxygens (including phenoxy) is 3. The zero-order valence-corrected chi connectivity index (χ0v) is 28.7. The molecule has 2 atom stereocenters. The van der Waals surface area contributed by atoms with Crippen LogP contribution in [-0.4, -0.2) is 58.1 Å². The number of alkyl carbamates (subject to hydrolysis) is 1. The highest BCUT2D eigenvalue weighted by Gasteiger charge is 2.29. The Morgan fingerprint density at radius 2 is 1.61 bits per heavy atom. The number of carbonyl (C=O) groups excluding carboxylic acids is 3. The van der Waals surface area contributed by atoms with Gasteiger partial charge in [-0.2, -0.15) is 5.26 Å². The smallest absolute Gasteiger partial charge is 0.418 e. The molecule has 0 saturated carbocycles. The Kier molecular flexibility index (Phi) is 9.71. The number of H-pyrrole nitrogens is 1. The minimum Gasteiger partial charge on any atom is -0.465 e. The van der Waals surface area contributed by atoms with E-state index < -0.39 is 41.4 Å². The van der Waals surface area contributed by atoms with Crippen LogP contribution in [0.1, 0.15) is 57.5 Å². The largest absolute Gasteiger partial charge is 0.465 e. The molecule has 3 N–H and O–H groups in total.